The summed E-state index contributed by atoms with van der Waals surface area (Å²) in [5.41, 5.74) is 4.03. The molecule has 29 heavy (non-hydrogen) atoms. The second-order valence-electron chi connectivity index (χ2n) is 7.10. The molecule has 0 fully saturated rings. The van der Waals surface area contributed by atoms with Gasteiger partial charge in [0.2, 0.25) is 0 Å². The zero-order valence-electron chi connectivity index (χ0n) is 17.0. The van der Waals surface area contributed by atoms with Crippen LogP contribution < -0.4 is 4.74 Å². The maximum absolute atomic E-state index is 11.0. The van der Waals surface area contributed by atoms with E-state index in [-0.39, 0.29) is 17.6 Å². The highest BCUT2D eigenvalue weighted by Gasteiger charge is 2.19. The molecular weight excluding hydrogens is 362 g/mol. The Balaban J connectivity index is 2.00. The summed E-state index contributed by atoms with van der Waals surface area (Å²) in [6.45, 7) is 12.4. The molecule has 0 aromatic heterocycles. The topological polar surface area (TPSA) is 70.3 Å². The molecule has 0 saturated carbocycles. The minimum absolute atomic E-state index is 0.114. The van der Waals surface area contributed by atoms with Crippen LogP contribution in [0.2, 0.25) is 0 Å². The summed E-state index contributed by atoms with van der Waals surface area (Å²) < 4.78 is 6.01. The van der Waals surface area contributed by atoms with E-state index in [9.17, 15) is 4.79 Å². The quantitative estimate of drug-likeness (QED) is 0.525. The van der Waals surface area contributed by atoms with Crippen LogP contribution in [0.4, 0.5) is 0 Å². The number of carboxylic acids is 1. The van der Waals surface area contributed by atoms with E-state index < -0.39 is 5.97 Å². The number of ether oxygens (including phenoxy) is 1. The van der Waals surface area contributed by atoms with Crippen LogP contribution in [0.1, 0.15) is 43.5 Å². The molecule has 1 aliphatic rings. The van der Waals surface area contributed by atoms with Crippen molar-refractivity contribution in [2.45, 2.75) is 39.2 Å². The minimum atomic E-state index is -0.956. The highest BCUT2D eigenvalue weighted by atomic mass is 16.5. The summed E-state index contributed by atoms with van der Waals surface area (Å²) in [7, 11) is 0. The summed E-state index contributed by atoms with van der Waals surface area (Å²) in [5.74, 6) is -0.208. The van der Waals surface area contributed by atoms with E-state index in [4.69, 9.17) is 15.1 Å². The van der Waals surface area contributed by atoms with Crippen molar-refractivity contribution in [2.24, 2.45) is 5.92 Å². The maximum atomic E-state index is 11.0. The molecule has 1 aliphatic carbocycles. The van der Waals surface area contributed by atoms with Gasteiger partial charge < -0.3 is 9.84 Å². The summed E-state index contributed by atoms with van der Waals surface area (Å²) >= 11 is 0. The fraction of sp³-hybridized carbons (Fsp3) is 0.280. The molecule has 0 radical (unpaired) electrons. The van der Waals surface area contributed by atoms with Gasteiger partial charge in [0.25, 0.3) is 0 Å². The van der Waals surface area contributed by atoms with E-state index >= 15 is 0 Å². The van der Waals surface area contributed by atoms with Gasteiger partial charge in [0.1, 0.15) is 11.9 Å². The standard InChI is InChI=1S/C25H27NO3/c1-5-24(19(4)29-23-14-12-22(13-15-23)25(27)28)18(3)7-6-17(2)21-10-8-20(16-26)9-11-21/h6-8,10,12-15,19,24H,2-3,5,9,11H2,1,4H3,(H,27,28)/b7-6-. The molecule has 2 atom stereocenters. The van der Waals surface area contributed by atoms with Gasteiger partial charge in [-0.1, -0.05) is 38.3 Å². The zero-order chi connectivity index (χ0) is 21.4. The van der Waals surface area contributed by atoms with Crippen molar-refractivity contribution >= 4 is 5.97 Å². The largest absolute Gasteiger partial charge is 0.490 e. The average Bonchev–Trinajstić information content (AvgIpc) is 2.73. The van der Waals surface area contributed by atoms with Crippen LogP contribution in [0, 0.1) is 17.2 Å². The molecule has 0 amide bonds. The fourth-order valence-electron chi connectivity index (χ4n) is 3.30. The van der Waals surface area contributed by atoms with Gasteiger partial charge in [0.05, 0.1) is 11.6 Å². The van der Waals surface area contributed by atoms with Gasteiger partial charge in [0.15, 0.2) is 0 Å². The molecular formula is C25H27NO3. The molecule has 0 heterocycles. The van der Waals surface area contributed by atoms with Crippen LogP contribution in [0.5, 0.6) is 5.75 Å². The first-order chi connectivity index (χ1) is 13.8. The lowest BCUT2D eigenvalue weighted by atomic mass is 9.90. The van der Waals surface area contributed by atoms with Gasteiger partial charge in [-0.3, -0.25) is 0 Å². The number of benzene rings is 1. The normalized spacial score (nSPS) is 15.6. The Morgan fingerprint density at radius 1 is 1.24 bits per heavy atom. The number of nitriles is 1. The van der Waals surface area contributed by atoms with Crippen molar-refractivity contribution in [3.8, 4) is 11.8 Å². The Hall–Kier alpha value is -3.32. The molecule has 0 bridgehead atoms. The monoisotopic (exact) mass is 389 g/mol. The average molecular weight is 389 g/mol. The van der Waals surface area contributed by atoms with Gasteiger partial charge in [-0.25, -0.2) is 4.79 Å². The molecule has 2 rings (SSSR count). The van der Waals surface area contributed by atoms with Crippen LogP contribution in [0.3, 0.4) is 0 Å². The number of hydrogen-bond acceptors (Lipinski definition) is 3. The summed E-state index contributed by atoms with van der Waals surface area (Å²) in [5, 5.41) is 17.9. The second kappa shape index (κ2) is 10.3. The molecule has 0 saturated heterocycles. The van der Waals surface area contributed by atoms with Crippen LogP contribution in [-0.2, 0) is 0 Å². The number of nitrogens with zero attached hydrogens (tertiary/aromatic N) is 1. The van der Waals surface area contributed by atoms with Gasteiger partial charge in [-0.05, 0) is 73.2 Å². The van der Waals surface area contributed by atoms with Crippen LogP contribution in [0.15, 0.2) is 84.0 Å². The molecule has 150 valence electrons. The van der Waals surface area contributed by atoms with Crippen molar-refractivity contribution in [3.05, 3.63) is 89.6 Å². The third-order valence-electron chi connectivity index (χ3n) is 5.11. The molecule has 4 nitrogen and oxygen atoms in total. The third kappa shape index (κ3) is 6.08. The minimum Gasteiger partial charge on any atom is -0.490 e. The highest BCUT2D eigenvalue weighted by molar-refractivity contribution is 5.87. The molecule has 1 aromatic rings. The number of carbonyl (C=O) groups is 1. The van der Waals surface area contributed by atoms with Crippen molar-refractivity contribution in [3.63, 3.8) is 0 Å². The van der Waals surface area contributed by atoms with Crippen molar-refractivity contribution in [1.82, 2.24) is 0 Å². The molecule has 4 heteroatoms. The van der Waals surface area contributed by atoms with Crippen molar-refractivity contribution in [2.75, 3.05) is 0 Å². The summed E-state index contributed by atoms with van der Waals surface area (Å²) in [4.78, 5) is 11.0. The van der Waals surface area contributed by atoms with E-state index in [0.717, 1.165) is 41.6 Å². The Kier molecular flexibility index (Phi) is 7.79. The van der Waals surface area contributed by atoms with Gasteiger partial charge in [0, 0.05) is 11.5 Å². The number of allylic oxidation sites excluding steroid dienone is 7. The smallest absolute Gasteiger partial charge is 0.335 e. The van der Waals surface area contributed by atoms with E-state index in [1.54, 1.807) is 12.1 Å². The Morgan fingerprint density at radius 3 is 2.45 bits per heavy atom. The molecule has 2 unspecified atom stereocenters. The lowest BCUT2D eigenvalue weighted by Gasteiger charge is -2.24. The van der Waals surface area contributed by atoms with Crippen LogP contribution in [-0.4, -0.2) is 17.2 Å². The number of hydrogen-bond donors (Lipinski definition) is 1. The number of carboxylic acid groups (broad SMARTS) is 1. The Bertz CT molecular complexity index is 910. The Labute approximate surface area is 172 Å². The van der Waals surface area contributed by atoms with Gasteiger partial charge in [-0.15, -0.1) is 0 Å². The second-order valence-corrected chi connectivity index (χ2v) is 7.10. The molecule has 1 aromatic carbocycles. The van der Waals surface area contributed by atoms with E-state index in [1.807, 2.05) is 31.2 Å². The fourth-order valence-corrected chi connectivity index (χ4v) is 3.30. The van der Waals surface area contributed by atoms with Crippen molar-refractivity contribution < 1.29 is 14.6 Å². The number of aromatic carboxylic acids is 1. The zero-order valence-corrected chi connectivity index (χ0v) is 17.0. The number of rotatable bonds is 9. The van der Waals surface area contributed by atoms with E-state index in [0.29, 0.717) is 5.75 Å². The van der Waals surface area contributed by atoms with Crippen LogP contribution in [0.25, 0.3) is 0 Å². The highest BCUT2D eigenvalue weighted by Crippen LogP contribution is 2.27. The lowest BCUT2D eigenvalue weighted by molar-refractivity contribution is 0.0697. The van der Waals surface area contributed by atoms with E-state index in [2.05, 4.69) is 26.2 Å². The SMILES string of the molecule is C=C(/C=C\C(=C)C(CC)C(C)Oc1ccc(C(=O)O)cc1)C1=CC=C(C#N)CC1. The summed E-state index contributed by atoms with van der Waals surface area (Å²) in [6, 6.07) is 8.61. The van der Waals surface area contributed by atoms with E-state index in [1.165, 1.54) is 12.1 Å². The molecule has 0 spiro atoms. The van der Waals surface area contributed by atoms with Crippen molar-refractivity contribution in [1.29, 1.82) is 5.26 Å². The Morgan fingerprint density at radius 2 is 1.93 bits per heavy atom. The molecule has 1 N–H and O–H groups in total. The van der Waals surface area contributed by atoms with Gasteiger partial charge in [-0.2, -0.15) is 5.26 Å². The predicted molar refractivity (Wildman–Crippen MR) is 116 cm³/mol. The first kappa shape index (κ1) is 22.0. The summed E-state index contributed by atoms with van der Waals surface area (Å²) in [6.07, 6.45) is 10.1. The molecule has 0 aliphatic heterocycles. The predicted octanol–water partition coefficient (Wildman–Crippen LogP) is 6.02. The lowest BCUT2D eigenvalue weighted by Crippen LogP contribution is -2.24. The maximum Gasteiger partial charge on any atom is 0.335 e. The van der Waals surface area contributed by atoms with Crippen LogP contribution >= 0.6 is 0 Å². The van der Waals surface area contributed by atoms with Gasteiger partial charge >= 0.3 is 5.97 Å². The first-order valence-electron chi connectivity index (χ1n) is 9.71. The third-order valence-corrected chi connectivity index (χ3v) is 5.11. The first-order valence-corrected chi connectivity index (χ1v) is 9.71.